The van der Waals surface area contributed by atoms with Crippen molar-refractivity contribution in [3.8, 4) is 0 Å². The third kappa shape index (κ3) is 4.68. The molecule has 0 fully saturated rings. The molecule has 0 spiro atoms. The van der Waals surface area contributed by atoms with Crippen molar-refractivity contribution in [2.75, 3.05) is 6.54 Å². The van der Waals surface area contributed by atoms with Crippen LogP contribution in [0.4, 0.5) is 13.2 Å². The number of alkyl halides is 3. The minimum atomic E-state index is -5.32. The largest absolute Gasteiger partial charge is 0.511 e. The Labute approximate surface area is 118 Å². The average Bonchev–Trinajstić information content (AvgIpc) is 2.25. The van der Waals surface area contributed by atoms with Crippen LogP contribution in [0.5, 0.6) is 0 Å². The Kier molecular flexibility index (Phi) is 5.26. The van der Waals surface area contributed by atoms with E-state index in [0.717, 1.165) is 0 Å². The average molecular weight is 334 g/mol. The SMILES string of the molecule is O=S(=O)(NC/C=C/c1ccc(Cl)cc1Cl)C(F)(F)F. The lowest BCUT2D eigenvalue weighted by Crippen LogP contribution is -2.36. The maximum absolute atomic E-state index is 12.0. The predicted molar refractivity (Wildman–Crippen MR) is 68.5 cm³/mol. The first-order valence-electron chi connectivity index (χ1n) is 4.81. The molecular weight excluding hydrogens is 326 g/mol. The number of hydrogen-bond donors (Lipinski definition) is 1. The first kappa shape index (κ1) is 16.3. The molecule has 0 bridgehead atoms. The van der Waals surface area contributed by atoms with Crippen molar-refractivity contribution in [2.45, 2.75) is 5.51 Å². The highest BCUT2D eigenvalue weighted by Gasteiger charge is 2.45. The van der Waals surface area contributed by atoms with Gasteiger partial charge in [0.1, 0.15) is 0 Å². The fraction of sp³-hybridized carbons (Fsp3) is 0.200. The molecule has 0 heterocycles. The van der Waals surface area contributed by atoms with Gasteiger partial charge in [-0.1, -0.05) is 41.4 Å². The van der Waals surface area contributed by atoms with Crippen LogP contribution in [0.1, 0.15) is 5.56 Å². The fourth-order valence-corrected chi connectivity index (χ4v) is 2.01. The Morgan fingerprint density at radius 2 is 1.89 bits per heavy atom. The van der Waals surface area contributed by atoms with E-state index in [1.165, 1.54) is 22.9 Å². The van der Waals surface area contributed by atoms with Gasteiger partial charge in [0.25, 0.3) is 0 Å². The maximum Gasteiger partial charge on any atom is 0.511 e. The van der Waals surface area contributed by atoms with Gasteiger partial charge in [-0.15, -0.1) is 0 Å². The minimum Gasteiger partial charge on any atom is -0.204 e. The second-order valence-electron chi connectivity index (χ2n) is 3.37. The summed E-state index contributed by atoms with van der Waals surface area (Å²) in [6.45, 7) is -0.499. The van der Waals surface area contributed by atoms with Gasteiger partial charge in [-0.3, -0.25) is 0 Å². The molecule has 106 valence electrons. The molecule has 1 N–H and O–H groups in total. The van der Waals surface area contributed by atoms with Crippen molar-refractivity contribution in [1.29, 1.82) is 0 Å². The second kappa shape index (κ2) is 6.13. The highest BCUT2D eigenvalue weighted by Crippen LogP contribution is 2.22. The molecule has 0 aliphatic rings. The van der Waals surface area contributed by atoms with Crippen LogP contribution in [0.2, 0.25) is 10.0 Å². The molecule has 0 aromatic heterocycles. The molecule has 0 radical (unpaired) electrons. The van der Waals surface area contributed by atoms with Crippen molar-refractivity contribution < 1.29 is 21.6 Å². The van der Waals surface area contributed by atoms with Gasteiger partial charge in [-0.2, -0.15) is 13.2 Å². The van der Waals surface area contributed by atoms with Crippen LogP contribution in [0.25, 0.3) is 6.08 Å². The van der Waals surface area contributed by atoms with E-state index >= 15 is 0 Å². The van der Waals surface area contributed by atoms with Crippen molar-refractivity contribution in [2.24, 2.45) is 0 Å². The lowest BCUT2D eigenvalue weighted by Gasteiger charge is -2.07. The van der Waals surface area contributed by atoms with E-state index in [0.29, 0.717) is 15.6 Å². The van der Waals surface area contributed by atoms with E-state index in [2.05, 4.69) is 0 Å². The van der Waals surface area contributed by atoms with E-state index in [4.69, 9.17) is 23.2 Å². The third-order valence-electron chi connectivity index (χ3n) is 1.96. The molecule has 0 aliphatic carbocycles. The monoisotopic (exact) mass is 333 g/mol. The molecule has 1 rings (SSSR count). The van der Waals surface area contributed by atoms with Crippen LogP contribution in [0.3, 0.4) is 0 Å². The van der Waals surface area contributed by atoms with Crippen LogP contribution in [0, 0.1) is 0 Å². The Morgan fingerprint density at radius 3 is 2.42 bits per heavy atom. The van der Waals surface area contributed by atoms with Gasteiger partial charge in [0.2, 0.25) is 0 Å². The van der Waals surface area contributed by atoms with Gasteiger partial charge >= 0.3 is 15.5 Å². The van der Waals surface area contributed by atoms with Crippen LogP contribution in [0.15, 0.2) is 24.3 Å². The normalized spacial score (nSPS) is 13.1. The van der Waals surface area contributed by atoms with E-state index < -0.39 is 22.1 Å². The predicted octanol–water partition coefficient (Wildman–Crippen LogP) is 3.45. The van der Waals surface area contributed by atoms with Gasteiger partial charge in [-0.05, 0) is 17.7 Å². The quantitative estimate of drug-likeness (QED) is 0.917. The van der Waals surface area contributed by atoms with Crippen LogP contribution >= 0.6 is 23.2 Å². The Balaban J connectivity index is 2.66. The summed E-state index contributed by atoms with van der Waals surface area (Å²) in [5.41, 5.74) is -4.81. The van der Waals surface area contributed by atoms with Gasteiger partial charge in [-0.25, -0.2) is 13.1 Å². The zero-order valence-electron chi connectivity index (χ0n) is 9.21. The third-order valence-corrected chi connectivity index (χ3v) is 3.67. The van der Waals surface area contributed by atoms with Crippen LogP contribution in [-0.4, -0.2) is 20.5 Å². The van der Waals surface area contributed by atoms with Gasteiger partial charge < -0.3 is 0 Å². The molecule has 0 saturated carbocycles. The Hall–Kier alpha value is -0.760. The molecule has 3 nitrogen and oxygen atoms in total. The summed E-state index contributed by atoms with van der Waals surface area (Å²) in [6.07, 6.45) is 2.59. The molecule has 0 unspecified atom stereocenters. The topological polar surface area (TPSA) is 46.2 Å². The lowest BCUT2D eigenvalue weighted by molar-refractivity contribution is -0.0446. The molecule has 9 heteroatoms. The number of hydrogen-bond acceptors (Lipinski definition) is 2. The summed E-state index contributed by atoms with van der Waals surface area (Å²) < 4.78 is 58.7. The van der Waals surface area contributed by atoms with Gasteiger partial charge in [0, 0.05) is 16.6 Å². The summed E-state index contributed by atoms with van der Waals surface area (Å²) in [7, 11) is -5.32. The number of sulfonamides is 1. The smallest absolute Gasteiger partial charge is 0.204 e. The summed E-state index contributed by atoms with van der Waals surface area (Å²) in [5.74, 6) is 0. The van der Waals surface area contributed by atoms with Crippen molar-refractivity contribution >= 4 is 39.3 Å². The zero-order chi connectivity index (χ0) is 14.7. The number of halogens is 5. The minimum absolute atomic E-state index is 0.308. The van der Waals surface area contributed by atoms with E-state index in [9.17, 15) is 21.6 Å². The highest BCUT2D eigenvalue weighted by atomic mass is 35.5. The van der Waals surface area contributed by atoms with E-state index in [1.807, 2.05) is 0 Å². The first-order chi connectivity index (χ1) is 8.63. The lowest BCUT2D eigenvalue weighted by atomic mass is 10.2. The van der Waals surface area contributed by atoms with E-state index in [-0.39, 0.29) is 0 Å². The fourth-order valence-electron chi connectivity index (χ4n) is 1.06. The summed E-state index contributed by atoms with van der Waals surface area (Å²) in [5, 5.41) is 0.724. The molecule has 0 atom stereocenters. The highest BCUT2D eigenvalue weighted by molar-refractivity contribution is 7.90. The van der Waals surface area contributed by atoms with Crippen molar-refractivity contribution in [3.63, 3.8) is 0 Å². The van der Waals surface area contributed by atoms with Gasteiger partial charge in [0.15, 0.2) is 0 Å². The molecule has 1 aromatic rings. The van der Waals surface area contributed by atoms with Gasteiger partial charge in [0.05, 0.1) is 0 Å². The van der Waals surface area contributed by atoms with Crippen molar-refractivity contribution in [1.82, 2.24) is 4.72 Å². The van der Waals surface area contributed by atoms with Crippen molar-refractivity contribution in [3.05, 3.63) is 39.9 Å². The molecule has 1 aromatic carbocycles. The zero-order valence-corrected chi connectivity index (χ0v) is 11.5. The number of benzene rings is 1. The number of nitrogens with one attached hydrogen (secondary N) is 1. The molecule has 0 saturated heterocycles. The van der Waals surface area contributed by atoms with Crippen LogP contribution < -0.4 is 4.72 Å². The summed E-state index contributed by atoms with van der Waals surface area (Å²) in [4.78, 5) is 0. The molecular formula is C10H8Cl2F3NO2S. The molecule has 19 heavy (non-hydrogen) atoms. The molecule has 0 aliphatic heterocycles. The summed E-state index contributed by atoms with van der Waals surface area (Å²) >= 11 is 11.5. The first-order valence-corrected chi connectivity index (χ1v) is 7.05. The Bertz CT molecular complexity index is 585. The van der Waals surface area contributed by atoms with E-state index in [1.54, 1.807) is 12.1 Å². The standard InChI is InChI=1S/C10H8Cl2F3NO2S/c11-8-4-3-7(9(12)6-8)2-1-5-16-19(17,18)10(13,14)15/h1-4,6,16H,5H2/b2-1+. The number of rotatable bonds is 4. The maximum atomic E-state index is 12.0. The summed E-state index contributed by atoms with van der Waals surface area (Å²) in [6, 6.07) is 4.56. The van der Waals surface area contributed by atoms with Crippen LogP contribution in [-0.2, 0) is 10.0 Å². The Morgan fingerprint density at radius 1 is 1.26 bits per heavy atom. The second-order valence-corrected chi connectivity index (χ2v) is 5.97. The molecule has 0 amide bonds.